The van der Waals surface area contributed by atoms with Crippen molar-refractivity contribution in [3.8, 4) is 11.8 Å². The van der Waals surface area contributed by atoms with Gasteiger partial charge in [-0.25, -0.2) is 0 Å². The lowest BCUT2D eigenvalue weighted by atomic mass is 10.0. The van der Waals surface area contributed by atoms with Gasteiger partial charge >= 0.3 is 0 Å². The third-order valence-electron chi connectivity index (χ3n) is 8.44. The van der Waals surface area contributed by atoms with E-state index in [1.165, 1.54) is 28.7 Å². The summed E-state index contributed by atoms with van der Waals surface area (Å²) < 4.78 is 5.33. The van der Waals surface area contributed by atoms with E-state index in [0.717, 1.165) is 41.4 Å². The van der Waals surface area contributed by atoms with Gasteiger partial charge < -0.3 is 20.7 Å². The molecule has 1 atom stereocenters. The first-order valence-electron chi connectivity index (χ1n) is 16.7. The molecule has 1 aliphatic rings. The van der Waals surface area contributed by atoms with Crippen LogP contribution in [-0.4, -0.2) is 41.5 Å². The molecule has 1 aliphatic heterocycles. The molecule has 0 fully saturated rings. The molecule has 0 aliphatic carbocycles. The Kier molecular flexibility index (Phi) is 11.8. The highest BCUT2D eigenvalue weighted by molar-refractivity contribution is 8.00. The van der Waals surface area contributed by atoms with Crippen LogP contribution in [0.25, 0.3) is 6.08 Å². The van der Waals surface area contributed by atoms with Gasteiger partial charge in [-0.15, -0.1) is 23.1 Å². The second kappa shape index (κ2) is 17.0. The van der Waals surface area contributed by atoms with Crippen LogP contribution < -0.4 is 20.7 Å². The maximum atomic E-state index is 13.6. The number of thiophene rings is 1. The lowest BCUT2D eigenvalue weighted by Gasteiger charge is -2.26. The topological polar surface area (TPSA) is 124 Å². The van der Waals surface area contributed by atoms with Crippen LogP contribution in [0.4, 0.5) is 10.7 Å². The number of fused-ring (bicyclic) bond motifs is 1. The van der Waals surface area contributed by atoms with Crippen LogP contribution in [0.5, 0.6) is 5.75 Å². The highest BCUT2D eigenvalue weighted by atomic mass is 32.2. The molecule has 6 rings (SSSR count). The van der Waals surface area contributed by atoms with E-state index >= 15 is 0 Å². The van der Waals surface area contributed by atoms with Gasteiger partial charge in [-0.05, 0) is 78.6 Å². The molecule has 5 aromatic rings. The summed E-state index contributed by atoms with van der Waals surface area (Å²) in [5.74, 6) is -0.556. The molecule has 0 saturated carbocycles. The molecule has 52 heavy (non-hydrogen) atoms. The summed E-state index contributed by atoms with van der Waals surface area (Å²) in [6.45, 7) is 4.21. The first kappa shape index (κ1) is 36.1. The van der Waals surface area contributed by atoms with E-state index in [2.05, 4.69) is 39.1 Å². The Bertz CT molecular complexity index is 2140. The second-order valence-electron chi connectivity index (χ2n) is 12.2. The van der Waals surface area contributed by atoms with Crippen molar-refractivity contribution in [3.05, 3.63) is 148 Å². The molecule has 0 spiro atoms. The van der Waals surface area contributed by atoms with E-state index in [-0.39, 0.29) is 11.6 Å². The van der Waals surface area contributed by atoms with Crippen LogP contribution in [0, 0.1) is 11.3 Å². The third kappa shape index (κ3) is 9.16. The Morgan fingerprint density at radius 3 is 2.46 bits per heavy atom. The number of carbonyl (C=O) groups is 3. The number of amides is 3. The predicted octanol–water partition coefficient (Wildman–Crippen LogP) is 7.72. The highest BCUT2D eigenvalue weighted by Crippen LogP contribution is 2.38. The third-order valence-corrected chi connectivity index (χ3v) is 10.7. The normalized spacial score (nSPS) is 13.3. The van der Waals surface area contributed by atoms with Crippen molar-refractivity contribution in [3.63, 3.8) is 0 Å². The van der Waals surface area contributed by atoms with Crippen LogP contribution in [-0.2, 0) is 29.1 Å². The van der Waals surface area contributed by atoms with Gasteiger partial charge in [0.25, 0.3) is 11.8 Å². The Morgan fingerprint density at radius 2 is 1.71 bits per heavy atom. The Morgan fingerprint density at radius 1 is 0.962 bits per heavy atom. The molecule has 4 aromatic carbocycles. The fraction of sp³-hybridized carbons (Fsp3) is 0.171. The van der Waals surface area contributed by atoms with E-state index in [4.69, 9.17) is 4.74 Å². The van der Waals surface area contributed by atoms with Gasteiger partial charge in [-0.1, -0.05) is 66.7 Å². The summed E-state index contributed by atoms with van der Waals surface area (Å²) in [7, 11) is 1.56. The molecular formula is C41H37N5O4S2. The first-order valence-corrected chi connectivity index (χ1v) is 18.4. The molecule has 9 nitrogen and oxygen atoms in total. The molecule has 11 heteroatoms. The number of nitrogens with one attached hydrogen (secondary N) is 3. The minimum Gasteiger partial charge on any atom is -0.497 e. The monoisotopic (exact) mass is 727 g/mol. The summed E-state index contributed by atoms with van der Waals surface area (Å²) in [5, 5.41) is 18.8. The molecule has 1 unspecified atom stereocenters. The standard InChI is InChI=1S/C41H37N5O4S2/c1-27(38(47)45-41-35(24-42)34-19-20-46(26-37(34)52-41)25-28-11-5-3-6-12-28)51-33-18-10-16-31(23-33)43-40(49)36(22-29-13-9-17-32(21-29)50-2)44-39(48)30-14-7-4-8-15-30/h3-18,21-23,27H,19-20,25-26H2,1-2H3,(H,43,49)(H,44,48)(H,45,47)/b36-22-. The Labute approximate surface area is 311 Å². The van der Waals surface area contributed by atoms with E-state index < -0.39 is 17.1 Å². The van der Waals surface area contributed by atoms with Crippen LogP contribution in [0.3, 0.4) is 0 Å². The number of anilines is 2. The van der Waals surface area contributed by atoms with Gasteiger partial charge in [0, 0.05) is 40.7 Å². The smallest absolute Gasteiger partial charge is 0.272 e. The molecule has 1 aromatic heterocycles. The fourth-order valence-electron chi connectivity index (χ4n) is 5.80. The number of benzene rings is 4. The van der Waals surface area contributed by atoms with Crippen molar-refractivity contribution < 1.29 is 19.1 Å². The second-order valence-corrected chi connectivity index (χ2v) is 14.7. The van der Waals surface area contributed by atoms with E-state index in [9.17, 15) is 19.6 Å². The molecule has 0 saturated heterocycles. The predicted molar refractivity (Wildman–Crippen MR) is 207 cm³/mol. The Balaban J connectivity index is 1.12. The number of rotatable bonds is 12. The van der Waals surface area contributed by atoms with Crippen molar-refractivity contribution in [1.82, 2.24) is 10.2 Å². The first-order chi connectivity index (χ1) is 25.3. The molecule has 3 N–H and O–H groups in total. The summed E-state index contributed by atoms with van der Waals surface area (Å²) in [4.78, 5) is 44.3. The van der Waals surface area contributed by atoms with E-state index in [0.29, 0.717) is 33.1 Å². The van der Waals surface area contributed by atoms with Crippen molar-refractivity contribution in [1.29, 1.82) is 5.26 Å². The SMILES string of the molecule is COc1cccc(/C=C(\NC(=O)c2ccccc2)C(=O)Nc2cccc(SC(C)C(=O)Nc3sc4c(c3C#N)CCN(Cc3ccccc3)C4)c2)c1. The minimum absolute atomic E-state index is 0.0445. The zero-order valence-electron chi connectivity index (χ0n) is 28.7. The van der Waals surface area contributed by atoms with E-state index in [1.807, 2.05) is 30.3 Å². The summed E-state index contributed by atoms with van der Waals surface area (Å²) in [5.41, 5.74) is 4.42. The van der Waals surface area contributed by atoms with Crippen LogP contribution in [0.2, 0.25) is 0 Å². The molecule has 262 valence electrons. The lowest BCUT2D eigenvalue weighted by molar-refractivity contribution is -0.115. The summed E-state index contributed by atoms with van der Waals surface area (Å²) >= 11 is 2.81. The summed E-state index contributed by atoms with van der Waals surface area (Å²) in [6.07, 6.45) is 2.34. The van der Waals surface area contributed by atoms with Crippen molar-refractivity contribution in [2.45, 2.75) is 36.6 Å². The largest absolute Gasteiger partial charge is 0.497 e. The number of thioether (sulfide) groups is 1. The number of carbonyl (C=O) groups excluding carboxylic acids is 3. The molecule has 0 radical (unpaired) electrons. The molecule has 3 amide bonds. The molecule has 2 heterocycles. The zero-order chi connectivity index (χ0) is 36.5. The fourth-order valence-corrected chi connectivity index (χ4v) is 7.97. The quantitative estimate of drug-likeness (QED) is 0.0889. The maximum Gasteiger partial charge on any atom is 0.272 e. The highest BCUT2D eigenvalue weighted by Gasteiger charge is 2.26. The van der Waals surface area contributed by atoms with Crippen LogP contribution in [0.1, 0.15) is 44.4 Å². The lowest BCUT2D eigenvalue weighted by Crippen LogP contribution is -2.30. The zero-order valence-corrected chi connectivity index (χ0v) is 30.4. The van der Waals surface area contributed by atoms with Gasteiger partial charge in [-0.2, -0.15) is 5.26 Å². The molecule has 0 bridgehead atoms. The van der Waals surface area contributed by atoms with Crippen molar-refractivity contribution >= 4 is 57.6 Å². The van der Waals surface area contributed by atoms with E-state index in [1.54, 1.807) is 86.8 Å². The average Bonchev–Trinajstić information content (AvgIpc) is 3.51. The van der Waals surface area contributed by atoms with Gasteiger partial charge in [-0.3, -0.25) is 19.3 Å². The maximum absolute atomic E-state index is 13.6. The average molecular weight is 728 g/mol. The Hall–Kier alpha value is -5.67. The van der Waals surface area contributed by atoms with Crippen molar-refractivity contribution in [2.75, 3.05) is 24.3 Å². The number of nitrogens with zero attached hydrogens (tertiary/aromatic N) is 2. The number of hydrogen-bond acceptors (Lipinski definition) is 8. The number of hydrogen-bond donors (Lipinski definition) is 3. The minimum atomic E-state index is -0.520. The van der Waals surface area contributed by atoms with Crippen LogP contribution in [0.15, 0.2) is 120 Å². The van der Waals surface area contributed by atoms with Gasteiger partial charge in [0.15, 0.2) is 0 Å². The molecular weight excluding hydrogens is 691 g/mol. The van der Waals surface area contributed by atoms with Crippen molar-refractivity contribution in [2.24, 2.45) is 0 Å². The van der Waals surface area contributed by atoms with Crippen LogP contribution >= 0.6 is 23.1 Å². The van der Waals surface area contributed by atoms with Gasteiger partial charge in [0.05, 0.1) is 17.9 Å². The van der Waals surface area contributed by atoms with Gasteiger partial charge in [0.1, 0.15) is 22.5 Å². The number of methoxy groups -OCH3 is 1. The summed E-state index contributed by atoms with van der Waals surface area (Å²) in [6, 6.07) is 35.6. The number of nitriles is 1. The number of ether oxygens (including phenoxy) is 1. The van der Waals surface area contributed by atoms with Gasteiger partial charge in [0.2, 0.25) is 5.91 Å².